The maximum Gasteiger partial charge on any atom is 0.192 e. The molecule has 2 atom stereocenters. The van der Waals surface area contributed by atoms with E-state index in [1.54, 1.807) is 0 Å². The standard InChI is InChI=1S/C21H40O4Si2/c1-18(2,3)26(7,8)23-15-20-11-12-21(25-20,14-17(22)13-20)16-24-27(9,10)19(4,5)6/h11-12H,13-16H2,1-10H3/t20-,21+. The molecule has 0 N–H and O–H groups in total. The molecule has 0 spiro atoms. The molecule has 1 saturated heterocycles. The maximum absolute atomic E-state index is 12.6. The van der Waals surface area contributed by atoms with Gasteiger partial charge in [0.15, 0.2) is 16.6 Å². The number of rotatable bonds is 6. The Morgan fingerprint density at radius 1 is 0.852 bits per heavy atom. The zero-order valence-corrected chi connectivity index (χ0v) is 21.1. The van der Waals surface area contributed by atoms with Crippen molar-refractivity contribution in [1.29, 1.82) is 0 Å². The van der Waals surface area contributed by atoms with Crippen LogP contribution in [0.1, 0.15) is 54.4 Å². The number of ether oxygens (including phenoxy) is 1. The van der Waals surface area contributed by atoms with Crippen molar-refractivity contribution in [2.24, 2.45) is 0 Å². The molecule has 156 valence electrons. The van der Waals surface area contributed by atoms with Gasteiger partial charge in [-0.25, -0.2) is 0 Å². The minimum atomic E-state index is -1.90. The fourth-order valence-electron chi connectivity index (χ4n) is 2.99. The van der Waals surface area contributed by atoms with Gasteiger partial charge in [0.25, 0.3) is 0 Å². The van der Waals surface area contributed by atoms with Crippen LogP contribution < -0.4 is 0 Å². The van der Waals surface area contributed by atoms with Gasteiger partial charge in [-0.1, -0.05) is 53.7 Å². The van der Waals surface area contributed by atoms with E-state index in [4.69, 9.17) is 13.6 Å². The number of ketones is 1. The van der Waals surface area contributed by atoms with Crippen LogP contribution in [0.25, 0.3) is 0 Å². The Kier molecular flexibility index (Phi) is 5.88. The van der Waals surface area contributed by atoms with Gasteiger partial charge >= 0.3 is 0 Å². The summed E-state index contributed by atoms with van der Waals surface area (Å²) < 4.78 is 19.4. The summed E-state index contributed by atoms with van der Waals surface area (Å²) in [6, 6.07) is 0. The summed E-state index contributed by atoms with van der Waals surface area (Å²) in [5, 5.41) is 0.264. The van der Waals surface area contributed by atoms with Crippen molar-refractivity contribution in [1.82, 2.24) is 0 Å². The van der Waals surface area contributed by atoms with Gasteiger partial charge in [0.05, 0.1) is 13.2 Å². The molecule has 2 rings (SSSR count). The van der Waals surface area contributed by atoms with E-state index in [1.165, 1.54) is 0 Å². The van der Waals surface area contributed by atoms with Crippen molar-refractivity contribution < 1.29 is 18.4 Å². The molecule has 0 unspecified atom stereocenters. The van der Waals surface area contributed by atoms with Crippen molar-refractivity contribution in [3.05, 3.63) is 12.2 Å². The molecule has 0 aromatic carbocycles. The van der Waals surface area contributed by atoms with Crippen molar-refractivity contribution in [3.63, 3.8) is 0 Å². The number of hydrogen-bond acceptors (Lipinski definition) is 4. The molecule has 2 aliphatic rings. The van der Waals surface area contributed by atoms with Crippen LogP contribution in [-0.2, 0) is 18.4 Å². The third-order valence-electron chi connectivity index (χ3n) is 7.06. The van der Waals surface area contributed by atoms with Crippen molar-refractivity contribution in [2.45, 2.75) is 102 Å². The highest BCUT2D eigenvalue weighted by molar-refractivity contribution is 6.74. The molecule has 1 fully saturated rings. The van der Waals surface area contributed by atoms with Gasteiger partial charge in [0.2, 0.25) is 0 Å². The van der Waals surface area contributed by atoms with Gasteiger partial charge in [-0.2, -0.15) is 0 Å². The SMILES string of the molecule is CC(C)(C)[Si](C)(C)OC[C@@]12C=C[C@@](CO[Si](C)(C)C(C)(C)C)(CC(=O)C1)O2. The lowest BCUT2D eigenvalue weighted by Crippen LogP contribution is -2.54. The van der Waals surface area contributed by atoms with Crippen LogP contribution in [0.15, 0.2) is 12.2 Å². The Balaban J connectivity index is 2.11. The molecule has 2 bridgehead atoms. The molecule has 2 aliphatic heterocycles. The fraction of sp³-hybridized carbons (Fsp3) is 0.857. The fourth-order valence-corrected chi connectivity index (χ4v) is 5.07. The number of carbonyl (C=O) groups excluding carboxylic acids is 1. The molecule has 27 heavy (non-hydrogen) atoms. The normalized spacial score (nSPS) is 29.5. The van der Waals surface area contributed by atoms with Gasteiger partial charge < -0.3 is 13.6 Å². The van der Waals surface area contributed by atoms with E-state index in [0.29, 0.717) is 26.1 Å². The highest BCUT2D eigenvalue weighted by Gasteiger charge is 2.53. The van der Waals surface area contributed by atoms with Crippen LogP contribution in [0.4, 0.5) is 0 Å². The van der Waals surface area contributed by atoms with E-state index < -0.39 is 27.8 Å². The first kappa shape index (κ1) is 23.0. The molecular weight excluding hydrogens is 372 g/mol. The lowest BCUT2D eigenvalue weighted by atomic mass is 9.91. The molecular formula is C21H40O4Si2. The molecule has 0 saturated carbocycles. The second-order valence-electron chi connectivity index (χ2n) is 11.6. The highest BCUT2D eigenvalue weighted by atomic mass is 28.4. The number of hydrogen-bond donors (Lipinski definition) is 0. The number of fused-ring (bicyclic) bond motifs is 2. The third kappa shape index (κ3) is 4.83. The lowest BCUT2D eigenvalue weighted by molar-refractivity contribution is -0.167. The van der Waals surface area contributed by atoms with Gasteiger partial charge in [0, 0.05) is 12.8 Å². The average molecular weight is 413 g/mol. The van der Waals surface area contributed by atoms with E-state index in [1.807, 2.05) is 0 Å². The van der Waals surface area contributed by atoms with Gasteiger partial charge in [-0.05, 0) is 36.3 Å². The van der Waals surface area contributed by atoms with Crippen LogP contribution in [0, 0.1) is 0 Å². The average Bonchev–Trinajstić information content (AvgIpc) is 2.74. The second kappa shape index (κ2) is 6.90. The maximum atomic E-state index is 12.6. The number of carbonyl (C=O) groups is 1. The molecule has 0 aliphatic carbocycles. The first-order valence-electron chi connectivity index (χ1n) is 10.1. The van der Waals surface area contributed by atoms with Crippen LogP contribution >= 0.6 is 0 Å². The second-order valence-corrected chi connectivity index (χ2v) is 21.2. The Hall–Kier alpha value is -0.276. The van der Waals surface area contributed by atoms with Crippen molar-refractivity contribution in [2.75, 3.05) is 13.2 Å². The first-order chi connectivity index (χ1) is 11.9. The van der Waals surface area contributed by atoms with E-state index >= 15 is 0 Å². The van der Waals surface area contributed by atoms with E-state index in [0.717, 1.165) is 0 Å². The molecule has 0 aromatic rings. The Morgan fingerprint density at radius 3 is 1.48 bits per heavy atom. The third-order valence-corrected chi connectivity index (χ3v) is 16.0. The quantitative estimate of drug-likeness (QED) is 0.429. The first-order valence-corrected chi connectivity index (χ1v) is 15.9. The summed E-state index contributed by atoms with van der Waals surface area (Å²) in [4.78, 5) is 12.6. The van der Waals surface area contributed by atoms with Gasteiger partial charge in [-0.15, -0.1) is 0 Å². The minimum absolute atomic E-state index is 0.132. The van der Waals surface area contributed by atoms with Crippen LogP contribution in [0.2, 0.25) is 36.3 Å². The molecule has 4 nitrogen and oxygen atoms in total. The van der Waals surface area contributed by atoms with E-state index in [-0.39, 0.29) is 15.9 Å². The largest absolute Gasteiger partial charge is 0.414 e. The molecule has 0 aromatic heterocycles. The minimum Gasteiger partial charge on any atom is -0.414 e. The van der Waals surface area contributed by atoms with E-state index in [2.05, 4.69) is 79.9 Å². The Bertz CT molecular complexity index is 563. The Labute approximate surface area is 168 Å². The van der Waals surface area contributed by atoms with Crippen molar-refractivity contribution >= 4 is 22.4 Å². The molecule has 6 heteroatoms. The van der Waals surface area contributed by atoms with Crippen LogP contribution in [0.3, 0.4) is 0 Å². The van der Waals surface area contributed by atoms with Crippen LogP contribution in [-0.4, -0.2) is 46.8 Å². The smallest absolute Gasteiger partial charge is 0.192 e. The molecule has 2 heterocycles. The summed E-state index contributed by atoms with van der Waals surface area (Å²) in [7, 11) is -3.81. The predicted molar refractivity (Wildman–Crippen MR) is 116 cm³/mol. The summed E-state index contributed by atoms with van der Waals surface area (Å²) in [6.07, 6.45) is 4.94. The Morgan fingerprint density at radius 2 is 1.19 bits per heavy atom. The van der Waals surface area contributed by atoms with E-state index in [9.17, 15) is 4.79 Å². The molecule has 0 amide bonds. The highest BCUT2D eigenvalue weighted by Crippen LogP contribution is 2.45. The van der Waals surface area contributed by atoms with Crippen molar-refractivity contribution in [3.8, 4) is 0 Å². The summed E-state index contributed by atoms with van der Waals surface area (Å²) in [5.41, 5.74) is -1.25. The number of Topliss-reactive ketones (excluding diaryl/α,β-unsaturated/α-hetero) is 1. The molecule has 0 radical (unpaired) electrons. The van der Waals surface area contributed by atoms with Gasteiger partial charge in [0.1, 0.15) is 17.0 Å². The van der Waals surface area contributed by atoms with Gasteiger partial charge in [-0.3, -0.25) is 4.79 Å². The topological polar surface area (TPSA) is 44.8 Å². The predicted octanol–water partition coefficient (Wildman–Crippen LogP) is 5.46. The summed E-state index contributed by atoms with van der Waals surface area (Å²) >= 11 is 0. The summed E-state index contributed by atoms with van der Waals surface area (Å²) in [6.45, 7) is 23.2. The monoisotopic (exact) mass is 412 g/mol. The summed E-state index contributed by atoms with van der Waals surface area (Å²) in [5.74, 6) is 0.240. The zero-order chi connectivity index (χ0) is 20.9. The lowest BCUT2D eigenvalue weighted by Gasteiger charge is -2.44. The zero-order valence-electron chi connectivity index (χ0n) is 19.1. The van der Waals surface area contributed by atoms with Crippen LogP contribution in [0.5, 0.6) is 0 Å².